The highest BCUT2D eigenvalue weighted by atomic mass is 16.5. The topological polar surface area (TPSA) is 80.9 Å². The average molecular weight is 489 g/mol. The van der Waals surface area contributed by atoms with E-state index in [1.807, 2.05) is 47.2 Å². The zero-order valence-corrected chi connectivity index (χ0v) is 21.2. The molecule has 0 atom stereocenters. The summed E-state index contributed by atoms with van der Waals surface area (Å²) in [7, 11) is 6.22. The Morgan fingerprint density at radius 3 is 1.25 bits per heavy atom. The van der Waals surface area contributed by atoms with Crippen molar-refractivity contribution in [1.29, 1.82) is 0 Å². The fraction of sp³-hybridized carbons (Fsp3) is 0.286. The van der Waals surface area contributed by atoms with E-state index in [4.69, 9.17) is 18.9 Å². The van der Waals surface area contributed by atoms with Gasteiger partial charge in [-0.25, -0.2) is 0 Å². The molecule has 0 fully saturated rings. The highest BCUT2D eigenvalue weighted by Crippen LogP contribution is 2.35. The predicted octanol–water partition coefficient (Wildman–Crippen LogP) is 4.70. The maximum Gasteiger partial charge on any atom is 0.201 e. The minimum Gasteiger partial charge on any atom is -0.497 e. The summed E-state index contributed by atoms with van der Waals surface area (Å²) in [5.74, 6) is 2.05. The number of fused-ring (bicyclic) bond motifs is 4. The maximum atomic E-state index is 13.9. The second kappa shape index (κ2) is 8.78. The van der Waals surface area contributed by atoms with Gasteiger partial charge in [0.05, 0.1) is 61.3 Å². The third-order valence-electron chi connectivity index (χ3n) is 6.87. The van der Waals surface area contributed by atoms with Gasteiger partial charge in [0.1, 0.15) is 23.0 Å². The van der Waals surface area contributed by atoms with Crippen LogP contribution in [0.3, 0.4) is 0 Å². The first kappa shape index (κ1) is 23.5. The molecule has 0 bridgehead atoms. The Balaban J connectivity index is 2.07. The molecule has 186 valence electrons. The van der Waals surface area contributed by atoms with E-state index in [1.165, 1.54) is 14.2 Å². The highest BCUT2D eigenvalue weighted by molar-refractivity contribution is 6.06. The SMILES string of the molecule is CCn1c2cc3c(=O)c4c(OC)cc(OC)cc4n(CC)c3cc2c(=O)c2c(OC)cc(OC)cc21. The van der Waals surface area contributed by atoms with Gasteiger partial charge in [-0.05, 0) is 26.0 Å². The third kappa shape index (κ3) is 3.21. The first-order valence-electron chi connectivity index (χ1n) is 11.8. The normalized spacial score (nSPS) is 11.5. The Labute approximate surface area is 207 Å². The van der Waals surface area contributed by atoms with Crippen molar-refractivity contribution >= 4 is 43.6 Å². The van der Waals surface area contributed by atoms with Crippen LogP contribution in [0.15, 0.2) is 46.0 Å². The van der Waals surface area contributed by atoms with Gasteiger partial charge in [-0.2, -0.15) is 0 Å². The maximum absolute atomic E-state index is 13.9. The van der Waals surface area contributed by atoms with Crippen LogP contribution in [0.1, 0.15) is 13.8 Å². The molecule has 8 heteroatoms. The second-order valence-electron chi connectivity index (χ2n) is 8.48. The number of rotatable bonds is 6. The lowest BCUT2D eigenvalue weighted by atomic mass is 10.0. The zero-order valence-electron chi connectivity index (χ0n) is 21.2. The van der Waals surface area contributed by atoms with Crippen LogP contribution in [0.25, 0.3) is 43.6 Å². The molecule has 0 amide bonds. The van der Waals surface area contributed by atoms with Crippen LogP contribution in [0.2, 0.25) is 0 Å². The Morgan fingerprint density at radius 1 is 0.556 bits per heavy atom. The van der Waals surface area contributed by atoms with E-state index in [9.17, 15) is 9.59 Å². The third-order valence-corrected chi connectivity index (χ3v) is 6.87. The summed E-state index contributed by atoms with van der Waals surface area (Å²) in [6.45, 7) is 5.15. The number of hydrogen-bond acceptors (Lipinski definition) is 6. The van der Waals surface area contributed by atoms with Gasteiger partial charge in [-0.3, -0.25) is 9.59 Å². The number of pyridine rings is 2. The van der Waals surface area contributed by atoms with E-state index in [2.05, 4.69) is 0 Å². The minimum atomic E-state index is -0.162. The van der Waals surface area contributed by atoms with Crippen LogP contribution < -0.4 is 29.8 Å². The summed E-state index contributed by atoms with van der Waals surface area (Å²) in [5, 5.41) is 1.97. The molecule has 5 rings (SSSR count). The lowest BCUT2D eigenvalue weighted by molar-refractivity contribution is 0.397. The summed E-state index contributed by atoms with van der Waals surface area (Å²) < 4.78 is 26.1. The first-order valence-corrected chi connectivity index (χ1v) is 11.8. The highest BCUT2D eigenvalue weighted by Gasteiger charge is 2.21. The smallest absolute Gasteiger partial charge is 0.201 e. The summed E-state index contributed by atoms with van der Waals surface area (Å²) in [5.41, 5.74) is 2.39. The monoisotopic (exact) mass is 488 g/mol. The molecule has 0 saturated heterocycles. The molecule has 0 aliphatic rings. The molecule has 36 heavy (non-hydrogen) atoms. The van der Waals surface area contributed by atoms with Gasteiger partial charge in [0.25, 0.3) is 0 Å². The molecule has 3 aromatic carbocycles. The van der Waals surface area contributed by atoms with Gasteiger partial charge < -0.3 is 28.1 Å². The molecule has 0 radical (unpaired) electrons. The van der Waals surface area contributed by atoms with Crippen LogP contribution in [-0.4, -0.2) is 37.6 Å². The molecule has 5 aromatic rings. The number of ether oxygens (including phenoxy) is 4. The molecule has 8 nitrogen and oxygen atoms in total. The Morgan fingerprint density at radius 2 is 0.944 bits per heavy atom. The molecule has 0 saturated carbocycles. The van der Waals surface area contributed by atoms with E-state index in [0.29, 0.717) is 79.7 Å². The number of hydrogen-bond donors (Lipinski definition) is 0. The Hall–Kier alpha value is -4.20. The Kier molecular flexibility index (Phi) is 5.74. The van der Waals surface area contributed by atoms with Gasteiger partial charge in [-0.15, -0.1) is 0 Å². The molecular formula is C28H28N2O6. The fourth-order valence-corrected chi connectivity index (χ4v) is 5.19. The molecule has 0 spiro atoms. The van der Waals surface area contributed by atoms with Crippen LogP contribution in [-0.2, 0) is 13.1 Å². The summed E-state index contributed by atoms with van der Waals surface area (Å²) in [6, 6.07) is 10.7. The lowest BCUT2D eigenvalue weighted by Gasteiger charge is -2.19. The van der Waals surface area contributed by atoms with Gasteiger partial charge >= 0.3 is 0 Å². The number of aromatic nitrogens is 2. The van der Waals surface area contributed by atoms with Crippen molar-refractivity contribution < 1.29 is 18.9 Å². The molecule has 0 N–H and O–H groups in total. The standard InChI is InChI=1S/C28H28N2O6/c1-7-29-19-13-18-20(14-17(19)27(31)25-21(29)9-15(33-3)11-23(25)35-5)30(8-2)22-10-16(34-4)12-24(36-6)26(22)28(18)32/h9-14H,7-8H2,1-6H3. The van der Waals surface area contributed by atoms with Gasteiger partial charge in [0.15, 0.2) is 0 Å². The van der Waals surface area contributed by atoms with Crippen LogP contribution in [0, 0.1) is 0 Å². The molecule has 0 unspecified atom stereocenters. The average Bonchev–Trinajstić information content (AvgIpc) is 2.91. The summed E-state index contributed by atoms with van der Waals surface area (Å²) in [6.07, 6.45) is 0. The number of methoxy groups -OCH3 is 4. The minimum absolute atomic E-state index is 0.162. The van der Waals surface area contributed by atoms with Crippen molar-refractivity contribution in [1.82, 2.24) is 9.13 Å². The Bertz CT molecular complexity index is 1670. The summed E-state index contributed by atoms with van der Waals surface area (Å²) >= 11 is 0. The van der Waals surface area contributed by atoms with E-state index in [1.54, 1.807) is 26.4 Å². The lowest BCUT2D eigenvalue weighted by Crippen LogP contribution is -2.16. The van der Waals surface area contributed by atoms with Crippen molar-refractivity contribution in [2.75, 3.05) is 28.4 Å². The number of nitrogens with zero attached hydrogens (tertiary/aromatic N) is 2. The largest absolute Gasteiger partial charge is 0.497 e. The van der Waals surface area contributed by atoms with E-state index >= 15 is 0 Å². The van der Waals surface area contributed by atoms with Gasteiger partial charge in [0, 0.05) is 48.1 Å². The molecular weight excluding hydrogens is 460 g/mol. The summed E-state index contributed by atoms with van der Waals surface area (Å²) in [4.78, 5) is 27.7. The molecule has 0 aliphatic carbocycles. The number of benzene rings is 3. The van der Waals surface area contributed by atoms with Crippen molar-refractivity contribution in [2.45, 2.75) is 26.9 Å². The van der Waals surface area contributed by atoms with Crippen LogP contribution >= 0.6 is 0 Å². The predicted molar refractivity (Wildman–Crippen MR) is 143 cm³/mol. The van der Waals surface area contributed by atoms with Crippen LogP contribution in [0.4, 0.5) is 0 Å². The molecule has 0 aliphatic heterocycles. The van der Waals surface area contributed by atoms with Crippen LogP contribution in [0.5, 0.6) is 23.0 Å². The van der Waals surface area contributed by atoms with Crippen molar-refractivity contribution in [3.05, 3.63) is 56.8 Å². The van der Waals surface area contributed by atoms with Gasteiger partial charge in [0.2, 0.25) is 10.9 Å². The number of aryl methyl sites for hydroxylation is 2. The second-order valence-corrected chi connectivity index (χ2v) is 8.48. The quantitative estimate of drug-likeness (QED) is 0.323. The van der Waals surface area contributed by atoms with E-state index in [-0.39, 0.29) is 10.9 Å². The van der Waals surface area contributed by atoms with Crippen molar-refractivity contribution in [3.63, 3.8) is 0 Å². The van der Waals surface area contributed by atoms with E-state index in [0.717, 1.165) is 0 Å². The van der Waals surface area contributed by atoms with Crippen molar-refractivity contribution in [2.24, 2.45) is 0 Å². The van der Waals surface area contributed by atoms with E-state index < -0.39 is 0 Å². The zero-order chi connectivity index (χ0) is 25.7. The fourth-order valence-electron chi connectivity index (χ4n) is 5.19. The van der Waals surface area contributed by atoms with Gasteiger partial charge in [-0.1, -0.05) is 0 Å². The first-order chi connectivity index (χ1) is 17.4. The molecule has 2 aromatic heterocycles. The molecule has 2 heterocycles. The van der Waals surface area contributed by atoms with Crippen molar-refractivity contribution in [3.8, 4) is 23.0 Å².